The highest BCUT2D eigenvalue weighted by Gasteiger charge is 2.21. The van der Waals surface area contributed by atoms with Gasteiger partial charge >= 0.3 is 0 Å². The maximum Gasteiger partial charge on any atom is 0.224 e. The summed E-state index contributed by atoms with van der Waals surface area (Å²) >= 11 is 0. The molecule has 1 aliphatic rings. The van der Waals surface area contributed by atoms with Crippen LogP contribution >= 0.6 is 0 Å². The second-order valence-electron chi connectivity index (χ2n) is 4.75. The van der Waals surface area contributed by atoms with Gasteiger partial charge < -0.3 is 10.2 Å². The molecule has 0 aromatic heterocycles. The van der Waals surface area contributed by atoms with Gasteiger partial charge in [-0.2, -0.15) is 5.26 Å². The molecule has 1 aromatic carbocycles. The van der Waals surface area contributed by atoms with Crippen LogP contribution in [0, 0.1) is 11.3 Å². The summed E-state index contributed by atoms with van der Waals surface area (Å²) < 4.78 is 0. The Morgan fingerprint density at radius 3 is 2.89 bits per heavy atom. The smallest absolute Gasteiger partial charge is 0.224 e. The third kappa shape index (κ3) is 2.30. The number of carbonyl (C=O) groups is 1. The first-order chi connectivity index (χ1) is 8.63. The Kier molecular flexibility index (Phi) is 3.52. The summed E-state index contributed by atoms with van der Waals surface area (Å²) in [7, 11) is 0. The predicted molar refractivity (Wildman–Crippen MR) is 71.5 cm³/mol. The molecule has 0 bridgehead atoms. The molecule has 94 valence electrons. The van der Waals surface area contributed by atoms with E-state index in [1.807, 2.05) is 12.1 Å². The molecule has 0 saturated heterocycles. The lowest BCUT2D eigenvalue weighted by Gasteiger charge is -2.32. The third-order valence-corrected chi connectivity index (χ3v) is 3.16. The summed E-state index contributed by atoms with van der Waals surface area (Å²) in [6, 6.07) is 8.04. The van der Waals surface area contributed by atoms with Crippen LogP contribution in [-0.4, -0.2) is 18.5 Å². The quantitative estimate of drug-likeness (QED) is 0.824. The van der Waals surface area contributed by atoms with Gasteiger partial charge in [-0.1, -0.05) is 6.07 Å². The number of nitrogens with zero attached hydrogens (tertiary/aromatic N) is 2. The SMILES string of the molecule is CC(C)N1CCCC(=O)Nc2c(C#N)cccc21. The molecule has 0 fully saturated rings. The van der Waals surface area contributed by atoms with Crippen molar-refractivity contribution in [3.8, 4) is 6.07 Å². The van der Waals surface area contributed by atoms with Crippen LogP contribution in [0.5, 0.6) is 0 Å². The van der Waals surface area contributed by atoms with Crippen LogP contribution in [0.25, 0.3) is 0 Å². The zero-order chi connectivity index (χ0) is 13.1. The van der Waals surface area contributed by atoms with Crippen LogP contribution in [0.2, 0.25) is 0 Å². The number of nitriles is 1. The minimum atomic E-state index is -0.0117. The second kappa shape index (κ2) is 5.09. The van der Waals surface area contributed by atoms with Crippen molar-refractivity contribution in [2.45, 2.75) is 32.7 Å². The van der Waals surface area contributed by atoms with Crippen molar-refractivity contribution in [3.05, 3.63) is 23.8 Å². The Hall–Kier alpha value is -2.02. The minimum absolute atomic E-state index is 0.0117. The van der Waals surface area contributed by atoms with Gasteiger partial charge in [-0.25, -0.2) is 0 Å². The van der Waals surface area contributed by atoms with Crippen molar-refractivity contribution < 1.29 is 4.79 Å². The Morgan fingerprint density at radius 1 is 1.44 bits per heavy atom. The van der Waals surface area contributed by atoms with E-state index < -0.39 is 0 Å². The van der Waals surface area contributed by atoms with Crippen LogP contribution in [0.1, 0.15) is 32.3 Å². The van der Waals surface area contributed by atoms with E-state index in [1.54, 1.807) is 6.07 Å². The molecule has 0 atom stereocenters. The van der Waals surface area contributed by atoms with Gasteiger partial charge in [0.15, 0.2) is 0 Å². The fourth-order valence-corrected chi connectivity index (χ4v) is 2.27. The van der Waals surface area contributed by atoms with E-state index in [2.05, 4.69) is 30.1 Å². The molecule has 4 heteroatoms. The molecule has 1 aliphatic heterocycles. The molecule has 0 radical (unpaired) electrons. The molecule has 4 nitrogen and oxygen atoms in total. The molecule has 0 saturated carbocycles. The van der Waals surface area contributed by atoms with Crippen molar-refractivity contribution in [2.75, 3.05) is 16.8 Å². The van der Waals surface area contributed by atoms with Gasteiger partial charge in [0.25, 0.3) is 0 Å². The largest absolute Gasteiger partial charge is 0.367 e. The van der Waals surface area contributed by atoms with Gasteiger partial charge in [0, 0.05) is 19.0 Å². The average molecular weight is 243 g/mol. The van der Waals surface area contributed by atoms with Crippen molar-refractivity contribution in [1.29, 1.82) is 5.26 Å². The monoisotopic (exact) mass is 243 g/mol. The molecule has 1 N–H and O–H groups in total. The molecular formula is C14H17N3O. The molecule has 0 spiro atoms. The van der Waals surface area contributed by atoms with Gasteiger partial charge in [0.2, 0.25) is 5.91 Å². The van der Waals surface area contributed by atoms with Crippen molar-refractivity contribution in [2.24, 2.45) is 0 Å². The molecule has 1 heterocycles. The van der Waals surface area contributed by atoms with Crippen LogP contribution in [0.3, 0.4) is 0 Å². The van der Waals surface area contributed by atoms with Gasteiger partial charge in [-0.3, -0.25) is 4.79 Å². The summed E-state index contributed by atoms with van der Waals surface area (Å²) in [6.45, 7) is 5.07. The lowest BCUT2D eigenvalue weighted by atomic mass is 10.1. The highest BCUT2D eigenvalue weighted by molar-refractivity contribution is 5.96. The van der Waals surface area contributed by atoms with Gasteiger partial charge in [-0.15, -0.1) is 0 Å². The van der Waals surface area contributed by atoms with Crippen LogP contribution in [0.4, 0.5) is 11.4 Å². The first kappa shape index (κ1) is 12.4. The second-order valence-corrected chi connectivity index (χ2v) is 4.75. The molecule has 18 heavy (non-hydrogen) atoms. The summed E-state index contributed by atoms with van der Waals surface area (Å²) in [4.78, 5) is 13.9. The minimum Gasteiger partial charge on any atom is -0.367 e. The highest BCUT2D eigenvalue weighted by atomic mass is 16.1. The number of benzene rings is 1. The van der Waals surface area contributed by atoms with E-state index in [9.17, 15) is 4.79 Å². The highest BCUT2D eigenvalue weighted by Crippen LogP contribution is 2.32. The molecular weight excluding hydrogens is 226 g/mol. The lowest BCUT2D eigenvalue weighted by molar-refractivity contribution is -0.116. The molecule has 1 aromatic rings. The molecule has 1 amide bonds. The first-order valence-corrected chi connectivity index (χ1v) is 6.23. The van der Waals surface area contributed by atoms with Crippen molar-refractivity contribution >= 4 is 17.3 Å². The lowest BCUT2D eigenvalue weighted by Crippen LogP contribution is -2.35. The van der Waals surface area contributed by atoms with E-state index in [4.69, 9.17) is 5.26 Å². The van der Waals surface area contributed by atoms with Crippen molar-refractivity contribution in [1.82, 2.24) is 0 Å². The molecule has 2 rings (SSSR count). The average Bonchev–Trinajstić information content (AvgIpc) is 2.32. The third-order valence-electron chi connectivity index (χ3n) is 3.16. The summed E-state index contributed by atoms with van der Waals surface area (Å²) in [5, 5.41) is 12.0. The standard InChI is InChI=1S/C14H17N3O/c1-10(2)17-8-4-7-13(18)16-14-11(9-15)5-3-6-12(14)17/h3,5-6,10H,4,7-8H2,1-2H3,(H,16,18). The maximum atomic E-state index is 11.7. The number of nitrogens with one attached hydrogen (secondary N) is 1. The number of hydrogen-bond acceptors (Lipinski definition) is 3. The number of hydrogen-bond donors (Lipinski definition) is 1. The number of rotatable bonds is 1. The first-order valence-electron chi connectivity index (χ1n) is 6.23. The van der Waals surface area contributed by atoms with Crippen LogP contribution in [-0.2, 0) is 4.79 Å². The summed E-state index contributed by atoms with van der Waals surface area (Å²) in [5.41, 5.74) is 2.11. The zero-order valence-electron chi connectivity index (χ0n) is 10.7. The zero-order valence-corrected chi connectivity index (χ0v) is 10.7. The number of para-hydroxylation sites is 1. The maximum absolute atomic E-state index is 11.7. The summed E-state index contributed by atoms with van der Waals surface area (Å²) in [5.74, 6) is -0.0117. The fraction of sp³-hybridized carbons (Fsp3) is 0.429. The van der Waals surface area contributed by atoms with Gasteiger partial charge in [0.05, 0.1) is 16.9 Å². The van der Waals surface area contributed by atoms with Crippen molar-refractivity contribution in [3.63, 3.8) is 0 Å². The van der Waals surface area contributed by atoms with Crippen LogP contribution < -0.4 is 10.2 Å². The van der Waals surface area contributed by atoms with E-state index in [1.165, 1.54) is 0 Å². The van der Waals surface area contributed by atoms with E-state index >= 15 is 0 Å². The molecule has 0 unspecified atom stereocenters. The summed E-state index contributed by atoms with van der Waals surface area (Å²) in [6.07, 6.45) is 1.34. The Balaban J connectivity index is 2.54. The van der Waals surface area contributed by atoms with E-state index in [0.29, 0.717) is 23.7 Å². The molecule has 0 aliphatic carbocycles. The predicted octanol–water partition coefficient (Wildman–Crippen LogP) is 2.51. The Bertz CT molecular complexity index is 502. The van der Waals surface area contributed by atoms with Gasteiger partial charge in [0.1, 0.15) is 6.07 Å². The van der Waals surface area contributed by atoms with E-state index in [0.717, 1.165) is 18.7 Å². The number of fused-ring (bicyclic) bond motifs is 1. The number of carbonyl (C=O) groups excluding carboxylic acids is 1. The number of amides is 1. The Morgan fingerprint density at radius 2 is 2.22 bits per heavy atom. The normalized spacial score (nSPS) is 15.4. The topological polar surface area (TPSA) is 56.1 Å². The van der Waals surface area contributed by atoms with Crippen LogP contribution in [0.15, 0.2) is 18.2 Å². The number of anilines is 2. The Labute approximate surface area is 107 Å². The fourth-order valence-electron chi connectivity index (χ4n) is 2.27. The van der Waals surface area contributed by atoms with Gasteiger partial charge in [-0.05, 0) is 32.4 Å². The van der Waals surface area contributed by atoms with E-state index in [-0.39, 0.29) is 5.91 Å².